The number of fused-ring (bicyclic) bond motifs is 1. The summed E-state index contributed by atoms with van der Waals surface area (Å²) >= 11 is -11.2. The number of halogens is 6. The Hall–Kier alpha value is -0.842. The van der Waals surface area contributed by atoms with Gasteiger partial charge in [0.25, 0.3) is 0 Å². The molecule has 110 valence electrons. The van der Waals surface area contributed by atoms with Gasteiger partial charge in [-0.15, -0.1) is 0 Å². The zero-order valence-electron chi connectivity index (χ0n) is 10.0. The van der Waals surface area contributed by atoms with Crippen molar-refractivity contribution in [3.8, 4) is 0 Å². The van der Waals surface area contributed by atoms with Crippen LogP contribution in [0.5, 0.6) is 0 Å². The van der Waals surface area contributed by atoms with Crippen molar-refractivity contribution in [2.24, 2.45) is 0 Å². The van der Waals surface area contributed by atoms with E-state index in [1.165, 1.54) is 11.3 Å². The Balaban J connectivity index is 0.000000224. The van der Waals surface area contributed by atoms with E-state index in [9.17, 15) is 16.9 Å². The van der Waals surface area contributed by atoms with Crippen molar-refractivity contribution in [1.82, 2.24) is 0 Å². The average Bonchev–Trinajstić information content (AvgIpc) is 2.24. The molecular weight excluding hydrogens is 382 g/mol. The van der Waals surface area contributed by atoms with E-state index in [0.717, 1.165) is 13.1 Å². The normalized spacial score (nSPS) is 17.7. The van der Waals surface area contributed by atoms with Crippen LogP contribution in [-0.4, -0.2) is 32.6 Å². The fourth-order valence-corrected chi connectivity index (χ4v) is 1.62. The van der Waals surface area contributed by atoms with Crippen molar-refractivity contribution in [2.75, 3.05) is 18.0 Å². The summed E-state index contributed by atoms with van der Waals surface area (Å²) in [5.74, 6) is 0. The molecule has 0 saturated heterocycles. The Morgan fingerprint density at radius 1 is 1.05 bits per heavy atom. The topological polar surface area (TPSA) is 3.24 Å². The van der Waals surface area contributed by atoms with E-state index >= 15 is 0 Å². The van der Waals surface area contributed by atoms with Crippen LogP contribution >= 0.6 is 0 Å². The predicted molar refractivity (Wildman–Crippen MR) is 65.8 cm³/mol. The van der Waals surface area contributed by atoms with Gasteiger partial charge >= 0.3 is 36.4 Å². The summed E-state index contributed by atoms with van der Waals surface area (Å²) in [6, 6.07) is 8.53. The fraction of sp³-hybridized carbons (Fsp3) is 0.273. The van der Waals surface area contributed by atoms with Crippen molar-refractivity contribution < 1.29 is 16.9 Å². The first-order valence-corrected chi connectivity index (χ1v) is 11.2. The second-order valence-electron chi connectivity index (χ2n) is 3.96. The molecule has 19 heavy (non-hydrogen) atoms. The number of para-hydroxylation sites is 1. The monoisotopic (exact) mass is 394 g/mol. The first kappa shape index (κ1) is 16.2. The minimum absolute atomic E-state index is 1.05. The quantitative estimate of drug-likeness (QED) is 0.493. The first-order valence-electron chi connectivity index (χ1n) is 5.43. The number of hydrogen-bond donors (Lipinski definition) is 0. The molecule has 0 atom stereocenters. The molecule has 0 saturated carbocycles. The van der Waals surface area contributed by atoms with Crippen molar-refractivity contribution in [2.45, 2.75) is 6.92 Å². The SMILES string of the molecule is CCN1CC=Cc2ccccc21.[F][Sb-]([F])([F])([F])([F])[F]. The number of rotatable bonds is 1. The van der Waals surface area contributed by atoms with Gasteiger partial charge in [-0.25, -0.2) is 0 Å². The Bertz CT molecular complexity index is 467. The maximum atomic E-state index is 9.93. The molecule has 0 unspecified atom stereocenters. The summed E-state index contributed by atoms with van der Waals surface area (Å²) in [6.07, 6.45) is 4.41. The van der Waals surface area contributed by atoms with E-state index in [1.54, 1.807) is 0 Å². The first-order chi connectivity index (χ1) is 8.36. The van der Waals surface area contributed by atoms with Crippen LogP contribution in [-0.2, 0) is 0 Å². The van der Waals surface area contributed by atoms with Gasteiger partial charge in [0, 0.05) is 18.8 Å². The van der Waals surface area contributed by atoms with Crippen LogP contribution in [0.4, 0.5) is 22.6 Å². The molecule has 1 aromatic rings. The Morgan fingerprint density at radius 2 is 1.58 bits per heavy atom. The molecule has 0 fully saturated rings. The minimum atomic E-state index is -11.2. The van der Waals surface area contributed by atoms with Gasteiger partial charge in [0.05, 0.1) is 0 Å². The Kier molecular flexibility index (Phi) is 3.94. The summed E-state index contributed by atoms with van der Waals surface area (Å²) in [5, 5.41) is 0. The number of benzene rings is 1. The van der Waals surface area contributed by atoms with Gasteiger partial charge in [-0.05, 0) is 18.6 Å². The summed E-state index contributed by atoms with van der Waals surface area (Å²) in [4.78, 5) is 2.37. The summed E-state index contributed by atoms with van der Waals surface area (Å²) in [5.41, 5.74) is 2.70. The van der Waals surface area contributed by atoms with Crippen LogP contribution in [0.1, 0.15) is 12.5 Å². The van der Waals surface area contributed by atoms with Gasteiger partial charge in [-0.1, -0.05) is 30.4 Å². The molecule has 0 aliphatic carbocycles. The molecule has 0 amide bonds. The zero-order chi connectivity index (χ0) is 14.8. The van der Waals surface area contributed by atoms with E-state index in [-0.39, 0.29) is 0 Å². The third-order valence-corrected chi connectivity index (χ3v) is 2.28. The van der Waals surface area contributed by atoms with Gasteiger partial charge in [0.2, 0.25) is 0 Å². The van der Waals surface area contributed by atoms with Crippen molar-refractivity contribution in [3.63, 3.8) is 0 Å². The Labute approximate surface area is 109 Å². The van der Waals surface area contributed by atoms with Gasteiger partial charge in [0.1, 0.15) is 0 Å². The van der Waals surface area contributed by atoms with Crippen molar-refractivity contribution >= 4 is 31.2 Å². The number of anilines is 1. The molecule has 8 heteroatoms. The maximum absolute atomic E-state index is 11.2. The molecular formula is C11H13F6NSb-. The third kappa shape index (κ3) is 8.03. The van der Waals surface area contributed by atoms with Crippen molar-refractivity contribution in [1.29, 1.82) is 0 Å². The third-order valence-electron chi connectivity index (χ3n) is 2.28. The second-order valence-corrected chi connectivity index (χ2v) is 9.43. The fourth-order valence-electron chi connectivity index (χ4n) is 1.62. The van der Waals surface area contributed by atoms with Gasteiger partial charge < -0.3 is 4.90 Å². The zero-order valence-corrected chi connectivity index (χ0v) is 12.6. The summed E-state index contributed by atoms with van der Waals surface area (Å²) in [6.45, 7) is 4.32. The van der Waals surface area contributed by atoms with Gasteiger partial charge in [-0.3, -0.25) is 0 Å². The van der Waals surface area contributed by atoms with E-state index in [4.69, 9.17) is 0 Å². The molecule has 0 aromatic heterocycles. The van der Waals surface area contributed by atoms with Crippen LogP contribution in [0.2, 0.25) is 0 Å². The second kappa shape index (κ2) is 4.61. The van der Waals surface area contributed by atoms with Crippen LogP contribution < -0.4 is 4.90 Å². The molecule has 1 nitrogen and oxygen atoms in total. The number of likely N-dealkylation sites (N-methyl/N-ethyl adjacent to an activating group) is 1. The van der Waals surface area contributed by atoms with Crippen molar-refractivity contribution in [3.05, 3.63) is 35.9 Å². The average molecular weight is 395 g/mol. The van der Waals surface area contributed by atoms with E-state index in [0.29, 0.717) is 0 Å². The van der Waals surface area contributed by atoms with Gasteiger partial charge in [-0.2, -0.15) is 0 Å². The molecule has 1 heterocycles. The van der Waals surface area contributed by atoms with Crippen LogP contribution in [0.3, 0.4) is 0 Å². The van der Waals surface area contributed by atoms with E-state index < -0.39 is 19.5 Å². The predicted octanol–water partition coefficient (Wildman–Crippen LogP) is 4.68. The van der Waals surface area contributed by atoms with E-state index in [1.807, 2.05) is 0 Å². The summed E-state index contributed by atoms with van der Waals surface area (Å²) < 4.78 is 59.6. The molecule has 1 aliphatic heterocycles. The molecule has 1 aromatic carbocycles. The van der Waals surface area contributed by atoms with Gasteiger partial charge in [0.15, 0.2) is 0 Å². The molecule has 0 spiro atoms. The molecule has 0 radical (unpaired) electrons. The van der Waals surface area contributed by atoms with E-state index in [2.05, 4.69) is 48.2 Å². The Morgan fingerprint density at radius 3 is 2.11 bits per heavy atom. The standard InChI is InChI=1S/C11H13N.6FH.Sb/c1-2-12-9-5-7-10-6-3-4-8-11(10)12;;;;;;;/h3-8H,2,9H2,1H3;6*1H;/q;;;;;;;+5/p-6. The number of hydrogen-bond acceptors (Lipinski definition) is 1. The molecule has 1 aliphatic rings. The van der Waals surface area contributed by atoms with Crippen LogP contribution in [0.15, 0.2) is 30.3 Å². The van der Waals surface area contributed by atoms with Crippen LogP contribution in [0.25, 0.3) is 6.08 Å². The van der Waals surface area contributed by atoms with Crippen LogP contribution in [0, 0.1) is 0 Å². The number of nitrogens with zero attached hydrogens (tertiary/aromatic N) is 1. The molecule has 0 bridgehead atoms. The molecule has 0 N–H and O–H groups in total. The molecule has 2 rings (SSSR count). The summed E-state index contributed by atoms with van der Waals surface area (Å²) in [7, 11) is 0.